The van der Waals surface area contributed by atoms with Crippen LogP contribution in [0, 0.1) is 5.92 Å². The second kappa shape index (κ2) is 8.17. The zero-order valence-electron chi connectivity index (χ0n) is 13.5. The van der Waals surface area contributed by atoms with Crippen molar-refractivity contribution >= 4 is 11.6 Å². The van der Waals surface area contributed by atoms with Crippen LogP contribution in [0.25, 0.3) is 0 Å². The Morgan fingerprint density at radius 3 is 2.52 bits per heavy atom. The van der Waals surface area contributed by atoms with E-state index in [0.29, 0.717) is 11.8 Å². The van der Waals surface area contributed by atoms with Gasteiger partial charge in [-0.1, -0.05) is 20.8 Å². The molecule has 0 amide bonds. The van der Waals surface area contributed by atoms with Gasteiger partial charge < -0.3 is 15.4 Å². The van der Waals surface area contributed by atoms with Gasteiger partial charge >= 0.3 is 0 Å². The number of aromatic nitrogens is 2. The lowest BCUT2D eigenvalue weighted by Crippen LogP contribution is -2.14. The lowest BCUT2D eigenvalue weighted by molar-refractivity contribution is 0.185. The Kier molecular flexibility index (Phi) is 6.23. The minimum Gasteiger partial charge on any atom is -0.381 e. The number of hydrogen-bond donors (Lipinski definition) is 2. The van der Waals surface area contributed by atoms with E-state index in [-0.39, 0.29) is 0 Å². The average Bonchev–Trinajstić information content (AvgIpc) is 2.98. The van der Waals surface area contributed by atoms with Crippen LogP contribution in [0.1, 0.15) is 51.5 Å². The smallest absolute Gasteiger partial charge is 0.134 e. The van der Waals surface area contributed by atoms with Crippen LogP contribution < -0.4 is 10.6 Å². The van der Waals surface area contributed by atoms with E-state index < -0.39 is 0 Å². The summed E-state index contributed by atoms with van der Waals surface area (Å²) in [7, 11) is 0. The maximum absolute atomic E-state index is 5.42. The summed E-state index contributed by atoms with van der Waals surface area (Å²) in [6, 6.07) is 0. The van der Waals surface area contributed by atoms with Crippen molar-refractivity contribution in [2.75, 3.05) is 36.9 Å². The van der Waals surface area contributed by atoms with Crippen molar-refractivity contribution in [3.8, 4) is 0 Å². The van der Waals surface area contributed by atoms with Crippen LogP contribution in [0.2, 0.25) is 0 Å². The lowest BCUT2D eigenvalue weighted by Gasteiger charge is -2.18. The number of anilines is 2. The largest absolute Gasteiger partial charge is 0.381 e. The van der Waals surface area contributed by atoms with Gasteiger partial charge in [-0.05, 0) is 31.1 Å². The molecule has 1 saturated heterocycles. The molecule has 1 fully saturated rings. The van der Waals surface area contributed by atoms with Crippen LogP contribution in [0.3, 0.4) is 0 Å². The third-order valence-corrected chi connectivity index (χ3v) is 3.87. The molecular weight excluding hydrogens is 264 g/mol. The van der Waals surface area contributed by atoms with Gasteiger partial charge in [0.2, 0.25) is 0 Å². The van der Waals surface area contributed by atoms with E-state index >= 15 is 0 Å². The van der Waals surface area contributed by atoms with E-state index in [1.807, 2.05) is 0 Å². The van der Waals surface area contributed by atoms with Crippen molar-refractivity contribution in [1.29, 1.82) is 0 Å². The van der Waals surface area contributed by atoms with Crippen molar-refractivity contribution in [3.05, 3.63) is 11.9 Å². The molecule has 1 aromatic heterocycles. The molecular formula is C16H28N4O. The second-order valence-corrected chi connectivity index (χ2v) is 6.01. The van der Waals surface area contributed by atoms with Crippen molar-refractivity contribution in [2.45, 2.75) is 46.0 Å². The first-order valence-corrected chi connectivity index (χ1v) is 8.12. The highest BCUT2D eigenvalue weighted by molar-refractivity contribution is 5.58. The Morgan fingerprint density at radius 2 is 1.95 bits per heavy atom. The predicted molar refractivity (Wildman–Crippen MR) is 86.9 cm³/mol. The highest BCUT2D eigenvalue weighted by Crippen LogP contribution is 2.28. The fourth-order valence-corrected chi connectivity index (χ4v) is 2.67. The Balaban J connectivity index is 1.99. The summed E-state index contributed by atoms with van der Waals surface area (Å²) in [5.74, 6) is 3.02. The topological polar surface area (TPSA) is 59.1 Å². The van der Waals surface area contributed by atoms with Crippen molar-refractivity contribution in [3.63, 3.8) is 0 Å². The first kappa shape index (κ1) is 16.0. The van der Waals surface area contributed by atoms with E-state index in [9.17, 15) is 0 Å². The molecule has 118 valence electrons. The average molecular weight is 292 g/mol. The summed E-state index contributed by atoms with van der Waals surface area (Å²) < 4.78 is 5.42. The molecule has 21 heavy (non-hydrogen) atoms. The molecule has 0 saturated carbocycles. The molecule has 0 aromatic carbocycles. The zero-order chi connectivity index (χ0) is 15.1. The van der Waals surface area contributed by atoms with Crippen LogP contribution in [-0.4, -0.2) is 36.3 Å². The van der Waals surface area contributed by atoms with Crippen LogP contribution in [-0.2, 0) is 4.74 Å². The monoisotopic (exact) mass is 292 g/mol. The summed E-state index contributed by atoms with van der Waals surface area (Å²) in [6.07, 6.45) is 5.06. The minimum absolute atomic E-state index is 0.392. The third-order valence-electron chi connectivity index (χ3n) is 3.87. The number of hydrogen-bond acceptors (Lipinski definition) is 5. The standard InChI is InChI=1S/C16H28N4O/c1-4-7-17-15-14(12(2)3)16(20-11-19-15)18-8-5-13-6-9-21-10-13/h11-13H,4-10H2,1-3H3,(H2,17,18,19,20). The van der Waals surface area contributed by atoms with E-state index in [1.165, 1.54) is 12.0 Å². The fourth-order valence-electron chi connectivity index (χ4n) is 2.67. The molecule has 1 aliphatic heterocycles. The second-order valence-electron chi connectivity index (χ2n) is 6.01. The van der Waals surface area contributed by atoms with Crippen molar-refractivity contribution in [2.24, 2.45) is 5.92 Å². The fraction of sp³-hybridized carbons (Fsp3) is 0.750. The molecule has 5 heteroatoms. The third kappa shape index (κ3) is 4.56. The molecule has 1 aliphatic rings. The van der Waals surface area contributed by atoms with Gasteiger partial charge in [0.15, 0.2) is 0 Å². The summed E-state index contributed by atoms with van der Waals surface area (Å²) in [4.78, 5) is 8.84. The Morgan fingerprint density at radius 1 is 1.24 bits per heavy atom. The molecule has 2 rings (SSSR count). The van der Waals surface area contributed by atoms with Gasteiger partial charge in [-0.25, -0.2) is 9.97 Å². The van der Waals surface area contributed by atoms with E-state index in [0.717, 1.165) is 50.8 Å². The molecule has 2 N–H and O–H groups in total. The molecule has 0 bridgehead atoms. The summed E-state index contributed by atoms with van der Waals surface area (Å²) in [6.45, 7) is 10.2. The molecule has 0 aliphatic carbocycles. The van der Waals surface area contributed by atoms with Gasteiger partial charge in [0.05, 0.1) is 0 Å². The Hall–Kier alpha value is -1.36. The summed E-state index contributed by atoms with van der Waals surface area (Å²) >= 11 is 0. The SMILES string of the molecule is CCCNc1ncnc(NCCC2CCOC2)c1C(C)C. The molecule has 2 heterocycles. The molecule has 1 unspecified atom stereocenters. The lowest BCUT2D eigenvalue weighted by atomic mass is 10.0. The number of nitrogens with one attached hydrogen (secondary N) is 2. The van der Waals surface area contributed by atoms with Gasteiger partial charge in [-0.15, -0.1) is 0 Å². The quantitative estimate of drug-likeness (QED) is 0.770. The van der Waals surface area contributed by atoms with Crippen molar-refractivity contribution < 1.29 is 4.74 Å². The Bertz CT molecular complexity index is 430. The van der Waals surface area contributed by atoms with Crippen LogP contribution in [0.5, 0.6) is 0 Å². The van der Waals surface area contributed by atoms with Crippen LogP contribution in [0.15, 0.2) is 6.33 Å². The zero-order valence-corrected chi connectivity index (χ0v) is 13.5. The molecule has 0 radical (unpaired) electrons. The predicted octanol–water partition coefficient (Wildman–Crippen LogP) is 3.26. The normalized spacial score (nSPS) is 18.2. The maximum atomic E-state index is 5.42. The maximum Gasteiger partial charge on any atom is 0.134 e. The van der Waals surface area contributed by atoms with E-state index in [2.05, 4.69) is 41.4 Å². The van der Waals surface area contributed by atoms with Gasteiger partial charge in [0.1, 0.15) is 18.0 Å². The highest BCUT2D eigenvalue weighted by Gasteiger charge is 2.17. The van der Waals surface area contributed by atoms with Crippen LogP contribution in [0.4, 0.5) is 11.6 Å². The molecule has 5 nitrogen and oxygen atoms in total. The highest BCUT2D eigenvalue weighted by atomic mass is 16.5. The first-order valence-electron chi connectivity index (χ1n) is 8.12. The van der Waals surface area contributed by atoms with E-state index in [1.54, 1.807) is 6.33 Å². The molecule has 1 atom stereocenters. The summed E-state index contributed by atoms with van der Waals surface area (Å²) in [5, 5.41) is 6.90. The minimum atomic E-state index is 0.392. The number of rotatable bonds is 8. The van der Waals surface area contributed by atoms with Gasteiger partial charge in [0.25, 0.3) is 0 Å². The summed E-state index contributed by atoms with van der Waals surface area (Å²) in [5.41, 5.74) is 1.19. The first-order chi connectivity index (χ1) is 10.2. The van der Waals surface area contributed by atoms with E-state index in [4.69, 9.17) is 4.74 Å². The molecule has 1 aromatic rings. The number of nitrogens with zero attached hydrogens (tertiary/aromatic N) is 2. The van der Waals surface area contributed by atoms with Gasteiger partial charge in [0, 0.05) is 31.9 Å². The van der Waals surface area contributed by atoms with Crippen molar-refractivity contribution in [1.82, 2.24) is 9.97 Å². The number of ether oxygens (including phenoxy) is 1. The van der Waals surface area contributed by atoms with Crippen LogP contribution >= 0.6 is 0 Å². The molecule has 0 spiro atoms. The van der Waals surface area contributed by atoms with Gasteiger partial charge in [-0.2, -0.15) is 0 Å². The van der Waals surface area contributed by atoms with Gasteiger partial charge in [-0.3, -0.25) is 0 Å². The Labute approximate surface area is 127 Å².